The third-order valence-corrected chi connectivity index (χ3v) is 6.56. The van der Waals surface area contributed by atoms with Gasteiger partial charge in [0.15, 0.2) is 10.3 Å². The molecular weight excluding hydrogens is 589 g/mol. The summed E-state index contributed by atoms with van der Waals surface area (Å²) in [5.41, 5.74) is 4.04. The van der Waals surface area contributed by atoms with Gasteiger partial charge in [-0.05, 0) is 56.7 Å². The summed E-state index contributed by atoms with van der Waals surface area (Å²) in [4.78, 5) is 48.1. The predicted octanol–water partition coefficient (Wildman–Crippen LogP) is 5.73. The Bertz CT molecular complexity index is 1440. The van der Waals surface area contributed by atoms with Gasteiger partial charge in [0.1, 0.15) is 0 Å². The van der Waals surface area contributed by atoms with Gasteiger partial charge in [-0.2, -0.15) is 0 Å². The molecule has 0 bridgehead atoms. The zero-order chi connectivity index (χ0) is 31.5. The SMILES string of the molecule is CC.CCOC(=O)CSc1nccc(-c2cccc(OCC)n2)n1.COC(=O)CSc1nccc(-c2cc(C)ccn2)n1. The summed E-state index contributed by atoms with van der Waals surface area (Å²) in [5.74, 6) is 0.357. The fraction of sp³-hybridized carbons (Fsp3) is 0.333. The van der Waals surface area contributed by atoms with Gasteiger partial charge >= 0.3 is 11.9 Å². The second kappa shape index (κ2) is 19.9. The molecule has 0 saturated heterocycles. The Morgan fingerprint density at radius 2 is 1.30 bits per heavy atom. The van der Waals surface area contributed by atoms with E-state index < -0.39 is 0 Å². The van der Waals surface area contributed by atoms with Gasteiger partial charge in [-0.1, -0.05) is 43.4 Å². The Morgan fingerprint density at radius 3 is 1.88 bits per heavy atom. The molecule has 228 valence electrons. The lowest BCUT2D eigenvalue weighted by molar-refractivity contribution is -0.140. The van der Waals surface area contributed by atoms with Crippen molar-refractivity contribution in [2.45, 2.75) is 44.9 Å². The van der Waals surface area contributed by atoms with Gasteiger partial charge in [0.2, 0.25) is 5.88 Å². The number of thioether (sulfide) groups is 2. The zero-order valence-electron chi connectivity index (χ0n) is 25.1. The van der Waals surface area contributed by atoms with E-state index in [1.54, 1.807) is 43.7 Å². The maximum absolute atomic E-state index is 11.4. The number of hydrogen-bond donors (Lipinski definition) is 0. The first-order chi connectivity index (χ1) is 20.9. The van der Waals surface area contributed by atoms with Crippen molar-refractivity contribution in [2.75, 3.05) is 31.8 Å². The largest absolute Gasteiger partial charge is 0.478 e. The number of methoxy groups -OCH3 is 1. The minimum Gasteiger partial charge on any atom is -0.478 e. The molecule has 0 saturated carbocycles. The second-order valence-electron chi connectivity index (χ2n) is 7.92. The Balaban J connectivity index is 0.000000286. The van der Waals surface area contributed by atoms with Crippen LogP contribution in [0.15, 0.2) is 71.4 Å². The number of rotatable bonds is 11. The molecule has 0 N–H and O–H groups in total. The number of aromatic nitrogens is 6. The number of nitrogens with zero attached hydrogens (tertiary/aromatic N) is 6. The van der Waals surface area contributed by atoms with Gasteiger partial charge in [0, 0.05) is 24.7 Å². The normalized spacial score (nSPS) is 9.91. The quantitative estimate of drug-likeness (QED) is 0.114. The molecule has 0 aliphatic rings. The standard InChI is InChI=1S/C15H17N3O3S.C13H13N3O2S.C2H6/c1-3-20-13-7-5-6-11(17-13)12-8-9-16-15(18-12)22-10-14(19)21-4-2;1-9-3-5-14-11(7-9)10-4-6-15-13(16-10)19-8-12(17)18-2;1-2/h5-9H,3-4,10H2,1-2H3;3-7H,8H2,1-2H3;1-2H3. The van der Waals surface area contributed by atoms with Crippen molar-refractivity contribution in [3.05, 3.63) is 66.6 Å². The van der Waals surface area contributed by atoms with Gasteiger partial charge in [-0.15, -0.1) is 0 Å². The van der Waals surface area contributed by atoms with Gasteiger partial charge in [0.05, 0.1) is 54.6 Å². The van der Waals surface area contributed by atoms with Gasteiger partial charge in [-0.3, -0.25) is 14.6 Å². The summed E-state index contributed by atoms with van der Waals surface area (Å²) in [6.45, 7) is 10.6. The van der Waals surface area contributed by atoms with Crippen molar-refractivity contribution < 1.29 is 23.8 Å². The summed E-state index contributed by atoms with van der Waals surface area (Å²) >= 11 is 2.48. The molecule has 43 heavy (non-hydrogen) atoms. The van der Waals surface area contributed by atoms with Gasteiger partial charge in [-0.25, -0.2) is 24.9 Å². The lowest BCUT2D eigenvalue weighted by atomic mass is 10.2. The molecule has 0 unspecified atom stereocenters. The average molecular weight is 625 g/mol. The van der Waals surface area contributed by atoms with Crippen molar-refractivity contribution in [3.8, 4) is 28.7 Å². The molecule has 0 fully saturated rings. The van der Waals surface area contributed by atoms with E-state index in [4.69, 9.17) is 9.47 Å². The van der Waals surface area contributed by atoms with Gasteiger partial charge < -0.3 is 14.2 Å². The van der Waals surface area contributed by atoms with E-state index >= 15 is 0 Å². The molecule has 4 aromatic rings. The van der Waals surface area contributed by atoms with E-state index in [2.05, 4.69) is 34.6 Å². The van der Waals surface area contributed by atoms with Crippen LogP contribution in [0.5, 0.6) is 5.88 Å². The van der Waals surface area contributed by atoms with Crippen LogP contribution < -0.4 is 4.74 Å². The predicted molar refractivity (Wildman–Crippen MR) is 168 cm³/mol. The van der Waals surface area contributed by atoms with Crippen LogP contribution in [0.4, 0.5) is 0 Å². The lowest BCUT2D eigenvalue weighted by Crippen LogP contribution is -2.07. The molecule has 4 aromatic heterocycles. The topological polar surface area (TPSA) is 139 Å². The molecule has 0 aliphatic heterocycles. The maximum atomic E-state index is 11.4. The lowest BCUT2D eigenvalue weighted by Gasteiger charge is -2.06. The molecule has 0 atom stereocenters. The summed E-state index contributed by atoms with van der Waals surface area (Å²) in [6, 6.07) is 13.0. The fourth-order valence-electron chi connectivity index (χ4n) is 3.08. The Labute approximate surface area is 260 Å². The highest BCUT2D eigenvalue weighted by Crippen LogP contribution is 2.21. The Hall–Kier alpha value is -4.10. The van der Waals surface area contributed by atoms with Crippen molar-refractivity contribution in [2.24, 2.45) is 0 Å². The number of carbonyl (C=O) groups excluding carboxylic acids is 2. The molecule has 4 rings (SSSR count). The van der Waals surface area contributed by atoms with E-state index in [1.807, 2.05) is 52.0 Å². The summed E-state index contributed by atoms with van der Waals surface area (Å²) in [7, 11) is 1.36. The van der Waals surface area contributed by atoms with Crippen LogP contribution in [0.25, 0.3) is 22.8 Å². The molecule has 0 spiro atoms. The first kappa shape index (κ1) is 35.1. The van der Waals surface area contributed by atoms with Crippen LogP contribution in [0.1, 0.15) is 33.3 Å². The molecule has 4 heterocycles. The van der Waals surface area contributed by atoms with Crippen LogP contribution in [-0.2, 0) is 19.1 Å². The minimum atomic E-state index is -0.298. The molecule has 0 amide bonds. The first-order valence-corrected chi connectivity index (χ1v) is 15.6. The molecule has 0 aliphatic carbocycles. The molecule has 11 nitrogen and oxygen atoms in total. The monoisotopic (exact) mass is 624 g/mol. The maximum Gasteiger partial charge on any atom is 0.316 e. The van der Waals surface area contributed by atoms with Crippen molar-refractivity contribution in [3.63, 3.8) is 0 Å². The fourth-order valence-corrected chi connectivity index (χ4v) is 4.37. The number of ether oxygens (including phenoxy) is 3. The number of carbonyl (C=O) groups is 2. The van der Waals surface area contributed by atoms with Crippen LogP contribution in [0, 0.1) is 6.92 Å². The zero-order valence-corrected chi connectivity index (χ0v) is 26.8. The number of aryl methyl sites for hydroxylation is 1. The summed E-state index contributed by atoms with van der Waals surface area (Å²) < 4.78 is 14.8. The summed E-state index contributed by atoms with van der Waals surface area (Å²) in [6.07, 6.45) is 5.05. The van der Waals surface area contributed by atoms with E-state index in [9.17, 15) is 9.59 Å². The molecule has 0 aromatic carbocycles. The van der Waals surface area contributed by atoms with Crippen LogP contribution in [-0.4, -0.2) is 73.7 Å². The number of hydrogen-bond acceptors (Lipinski definition) is 13. The van der Waals surface area contributed by atoms with E-state index in [0.717, 1.165) is 17.0 Å². The van der Waals surface area contributed by atoms with Crippen LogP contribution >= 0.6 is 23.5 Å². The number of pyridine rings is 2. The van der Waals surface area contributed by atoms with E-state index in [1.165, 1.54) is 30.6 Å². The highest BCUT2D eigenvalue weighted by Gasteiger charge is 2.09. The number of esters is 2. The van der Waals surface area contributed by atoms with E-state index in [-0.39, 0.29) is 23.4 Å². The Morgan fingerprint density at radius 1 is 0.721 bits per heavy atom. The van der Waals surface area contributed by atoms with E-state index in [0.29, 0.717) is 40.8 Å². The second-order valence-corrected chi connectivity index (χ2v) is 9.80. The summed E-state index contributed by atoms with van der Waals surface area (Å²) in [5, 5.41) is 1.04. The third kappa shape index (κ3) is 12.7. The Kier molecular flexibility index (Phi) is 16.3. The highest BCUT2D eigenvalue weighted by molar-refractivity contribution is 8.00. The van der Waals surface area contributed by atoms with Gasteiger partial charge in [0.25, 0.3) is 0 Å². The van der Waals surface area contributed by atoms with Crippen LogP contribution in [0.3, 0.4) is 0 Å². The van der Waals surface area contributed by atoms with Crippen LogP contribution in [0.2, 0.25) is 0 Å². The highest BCUT2D eigenvalue weighted by atomic mass is 32.2. The first-order valence-electron chi connectivity index (χ1n) is 13.6. The third-order valence-electron chi connectivity index (χ3n) is 4.89. The molecule has 0 radical (unpaired) electrons. The molecule has 13 heteroatoms. The molecular formula is C30H36N6O5S2. The van der Waals surface area contributed by atoms with Crippen molar-refractivity contribution in [1.82, 2.24) is 29.9 Å². The smallest absolute Gasteiger partial charge is 0.316 e. The average Bonchev–Trinajstić information content (AvgIpc) is 3.04. The van der Waals surface area contributed by atoms with Crippen molar-refractivity contribution >= 4 is 35.5 Å². The minimum absolute atomic E-state index is 0.184. The van der Waals surface area contributed by atoms with Crippen molar-refractivity contribution in [1.29, 1.82) is 0 Å².